The van der Waals surface area contributed by atoms with Crippen molar-refractivity contribution < 1.29 is 18.7 Å². The number of aryl methyl sites for hydroxylation is 1. The zero-order valence-electron chi connectivity index (χ0n) is 14.8. The molecule has 0 radical (unpaired) electrons. The summed E-state index contributed by atoms with van der Waals surface area (Å²) in [6.07, 6.45) is 0. The molecule has 2 heterocycles. The molecule has 1 aromatic heterocycles. The van der Waals surface area contributed by atoms with Gasteiger partial charge < -0.3 is 18.7 Å². The summed E-state index contributed by atoms with van der Waals surface area (Å²) in [4.78, 5) is 6.59. The highest BCUT2D eigenvalue weighted by atomic mass is 32.2. The number of thioether (sulfide) groups is 1. The zero-order chi connectivity index (χ0) is 17.6. The van der Waals surface area contributed by atoms with Gasteiger partial charge in [0.05, 0.1) is 14.2 Å². The summed E-state index contributed by atoms with van der Waals surface area (Å²) >= 11 is 2.00. The monoisotopic (exact) mass is 365 g/mol. The Morgan fingerprint density at radius 3 is 2.56 bits per heavy atom. The molecule has 0 spiro atoms. The Hall–Kier alpha value is -1.93. The van der Waals surface area contributed by atoms with Crippen LogP contribution in [0.5, 0.6) is 17.2 Å². The minimum Gasteiger partial charge on any atom is -0.493 e. The molecule has 25 heavy (non-hydrogen) atoms. The van der Waals surface area contributed by atoms with Crippen LogP contribution in [-0.4, -0.2) is 53.9 Å². The lowest BCUT2D eigenvalue weighted by atomic mass is 10.1. The van der Waals surface area contributed by atoms with Crippen molar-refractivity contribution >= 4 is 11.8 Å². The molecule has 2 aromatic rings. The highest BCUT2D eigenvalue weighted by Crippen LogP contribution is 2.39. The van der Waals surface area contributed by atoms with E-state index in [1.807, 2.05) is 23.9 Å². The summed E-state index contributed by atoms with van der Waals surface area (Å²) in [5.74, 6) is 5.20. The second-order valence-electron chi connectivity index (χ2n) is 5.74. The Morgan fingerprint density at radius 1 is 1.16 bits per heavy atom. The Bertz CT molecular complexity index is 701. The van der Waals surface area contributed by atoms with Crippen LogP contribution in [0.1, 0.15) is 17.3 Å². The quantitative estimate of drug-likeness (QED) is 0.741. The first-order chi connectivity index (χ1) is 12.2. The number of nitrogens with zero attached hydrogens (tertiary/aromatic N) is 3. The molecular formula is C17H23N3O4S. The molecule has 1 aliphatic heterocycles. The van der Waals surface area contributed by atoms with Gasteiger partial charge in [-0.1, -0.05) is 5.16 Å². The van der Waals surface area contributed by atoms with Crippen molar-refractivity contribution in [1.82, 2.24) is 15.0 Å². The second-order valence-corrected chi connectivity index (χ2v) is 6.96. The highest BCUT2D eigenvalue weighted by molar-refractivity contribution is 7.99. The van der Waals surface area contributed by atoms with E-state index in [2.05, 4.69) is 15.0 Å². The van der Waals surface area contributed by atoms with Crippen LogP contribution in [0.25, 0.3) is 0 Å². The van der Waals surface area contributed by atoms with Crippen LogP contribution in [-0.2, 0) is 13.2 Å². The van der Waals surface area contributed by atoms with E-state index >= 15 is 0 Å². The summed E-state index contributed by atoms with van der Waals surface area (Å²) in [6, 6.07) is 4.00. The normalized spacial score (nSPS) is 15.2. The molecule has 0 amide bonds. The Labute approximate surface area is 151 Å². The summed E-state index contributed by atoms with van der Waals surface area (Å²) in [7, 11) is 3.23. The fraction of sp³-hybridized carbons (Fsp3) is 0.529. The van der Waals surface area contributed by atoms with Gasteiger partial charge >= 0.3 is 0 Å². The van der Waals surface area contributed by atoms with Gasteiger partial charge in [-0.2, -0.15) is 16.7 Å². The third kappa shape index (κ3) is 4.58. The van der Waals surface area contributed by atoms with E-state index in [1.165, 1.54) is 11.5 Å². The Kier molecular flexibility index (Phi) is 6.04. The summed E-state index contributed by atoms with van der Waals surface area (Å²) in [5, 5.41) is 3.85. The smallest absolute Gasteiger partial charge is 0.223 e. The first-order valence-corrected chi connectivity index (χ1v) is 9.32. The SMILES string of the molecule is COc1cc(CN2CCSCC2)cc(OCc2noc(C)n2)c1OC. The lowest BCUT2D eigenvalue weighted by Gasteiger charge is -2.26. The molecule has 0 unspecified atom stereocenters. The third-order valence-corrected chi connectivity index (χ3v) is 4.88. The fourth-order valence-electron chi connectivity index (χ4n) is 2.74. The standard InChI is InChI=1S/C17H23N3O4S/c1-12-18-16(19-24-12)11-23-15-9-13(8-14(21-2)17(15)22-3)10-20-4-6-25-7-5-20/h8-9H,4-7,10-11H2,1-3H3. The third-order valence-electron chi connectivity index (χ3n) is 3.94. The van der Waals surface area contributed by atoms with Crippen molar-refractivity contribution in [1.29, 1.82) is 0 Å². The van der Waals surface area contributed by atoms with E-state index < -0.39 is 0 Å². The molecule has 1 fully saturated rings. The summed E-state index contributed by atoms with van der Waals surface area (Å²) < 4.78 is 21.8. The van der Waals surface area contributed by atoms with Gasteiger partial charge in [0.25, 0.3) is 0 Å². The maximum absolute atomic E-state index is 5.89. The highest BCUT2D eigenvalue weighted by Gasteiger charge is 2.17. The molecule has 3 rings (SSSR count). The van der Waals surface area contributed by atoms with Gasteiger partial charge in [0.1, 0.15) is 0 Å². The zero-order valence-corrected chi connectivity index (χ0v) is 15.6. The van der Waals surface area contributed by atoms with Gasteiger partial charge in [-0.15, -0.1) is 0 Å². The van der Waals surface area contributed by atoms with Crippen molar-refractivity contribution in [2.24, 2.45) is 0 Å². The number of benzene rings is 1. The predicted octanol–water partition coefficient (Wildman–Crippen LogP) is 2.52. The average Bonchev–Trinajstić information content (AvgIpc) is 3.05. The molecule has 0 N–H and O–H groups in total. The van der Waals surface area contributed by atoms with Crippen LogP contribution in [0.3, 0.4) is 0 Å². The van der Waals surface area contributed by atoms with Crippen LogP contribution in [0, 0.1) is 6.92 Å². The Balaban J connectivity index is 1.79. The molecular weight excluding hydrogens is 342 g/mol. The van der Waals surface area contributed by atoms with Crippen LogP contribution in [0.4, 0.5) is 0 Å². The van der Waals surface area contributed by atoms with Gasteiger partial charge in [0, 0.05) is 38.1 Å². The van der Waals surface area contributed by atoms with E-state index in [1.54, 1.807) is 21.1 Å². The molecule has 136 valence electrons. The summed E-state index contributed by atoms with van der Waals surface area (Å²) in [5.41, 5.74) is 1.13. The minimum atomic E-state index is 0.209. The maximum Gasteiger partial charge on any atom is 0.223 e. The first kappa shape index (κ1) is 17.9. The molecule has 8 heteroatoms. The van der Waals surface area contributed by atoms with Crippen LogP contribution in [0.2, 0.25) is 0 Å². The van der Waals surface area contributed by atoms with E-state index in [9.17, 15) is 0 Å². The number of hydrogen-bond acceptors (Lipinski definition) is 8. The lowest BCUT2D eigenvalue weighted by Crippen LogP contribution is -2.31. The topological polar surface area (TPSA) is 69.9 Å². The lowest BCUT2D eigenvalue weighted by molar-refractivity contribution is 0.259. The molecule has 0 aliphatic carbocycles. The summed E-state index contributed by atoms with van der Waals surface area (Å²) in [6.45, 7) is 5.01. The van der Waals surface area contributed by atoms with Crippen LogP contribution >= 0.6 is 11.8 Å². The van der Waals surface area contributed by atoms with Crippen molar-refractivity contribution in [3.05, 3.63) is 29.4 Å². The van der Waals surface area contributed by atoms with Crippen molar-refractivity contribution in [3.63, 3.8) is 0 Å². The van der Waals surface area contributed by atoms with E-state index in [0.717, 1.165) is 25.2 Å². The number of ether oxygens (including phenoxy) is 3. The average molecular weight is 365 g/mol. The molecule has 1 aromatic carbocycles. The van der Waals surface area contributed by atoms with E-state index in [-0.39, 0.29) is 6.61 Å². The Morgan fingerprint density at radius 2 is 1.92 bits per heavy atom. The largest absolute Gasteiger partial charge is 0.493 e. The molecule has 1 saturated heterocycles. The molecule has 0 saturated carbocycles. The van der Waals surface area contributed by atoms with Gasteiger partial charge in [0.15, 0.2) is 18.1 Å². The molecule has 1 aliphatic rings. The van der Waals surface area contributed by atoms with Gasteiger partial charge in [-0.3, -0.25) is 4.90 Å². The minimum absolute atomic E-state index is 0.209. The van der Waals surface area contributed by atoms with E-state index in [0.29, 0.717) is 29.0 Å². The van der Waals surface area contributed by atoms with Crippen molar-refractivity contribution in [2.45, 2.75) is 20.1 Å². The van der Waals surface area contributed by atoms with Crippen LogP contribution < -0.4 is 14.2 Å². The van der Waals surface area contributed by atoms with Gasteiger partial charge in [-0.05, 0) is 17.7 Å². The number of hydrogen-bond donors (Lipinski definition) is 0. The van der Waals surface area contributed by atoms with Gasteiger partial charge in [0.2, 0.25) is 17.5 Å². The molecule has 7 nitrogen and oxygen atoms in total. The molecule has 0 bridgehead atoms. The molecule has 0 atom stereocenters. The van der Waals surface area contributed by atoms with Crippen LogP contribution in [0.15, 0.2) is 16.7 Å². The van der Waals surface area contributed by atoms with Gasteiger partial charge in [-0.25, -0.2) is 0 Å². The van der Waals surface area contributed by atoms with Crippen molar-refractivity contribution in [2.75, 3.05) is 38.8 Å². The predicted molar refractivity (Wildman–Crippen MR) is 95.5 cm³/mol. The van der Waals surface area contributed by atoms with Crippen molar-refractivity contribution in [3.8, 4) is 17.2 Å². The fourth-order valence-corrected chi connectivity index (χ4v) is 3.72. The number of aromatic nitrogens is 2. The van der Waals surface area contributed by atoms with E-state index in [4.69, 9.17) is 18.7 Å². The second kappa shape index (κ2) is 8.44. The number of rotatable bonds is 7. The maximum atomic E-state index is 5.89. The first-order valence-electron chi connectivity index (χ1n) is 8.16. The number of methoxy groups -OCH3 is 2.